The van der Waals surface area contributed by atoms with Crippen LogP contribution in [0, 0.1) is 13.8 Å². The van der Waals surface area contributed by atoms with Crippen LogP contribution in [0.4, 0.5) is 5.82 Å². The van der Waals surface area contributed by atoms with E-state index in [0.29, 0.717) is 36.0 Å². The molecule has 0 saturated heterocycles. The van der Waals surface area contributed by atoms with Crippen LogP contribution in [0.3, 0.4) is 0 Å². The van der Waals surface area contributed by atoms with Gasteiger partial charge in [-0.05, 0) is 38.3 Å². The second-order valence-corrected chi connectivity index (χ2v) is 7.02. The van der Waals surface area contributed by atoms with E-state index >= 15 is 0 Å². The summed E-state index contributed by atoms with van der Waals surface area (Å²) in [6.45, 7) is 5.68. The molecule has 1 amide bonds. The molecule has 0 fully saturated rings. The zero-order valence-corrected chi connectivity index (χ0v) is 17.2. The summed E-state index contributed by atoms with van der Waals surface area (Å²) < 4.78 is 11.7. The lowest BCUT2D eigenvalue weighted by Crippen LogP contribution is -2.32. The zero-order valence-electron chi connectivity index (χ0n) is 17.2. The molecule has 0 unspecified atom stereocenters. The van der Waals surface area contributed by atoms with Gasteiger partial charge in [-0.15, -0.1) is 0 Å². The number of nitrogens with zero attached hydrogens (tertiary/aromatic N) is 3. The quantitative estimate of drug-likeness (QED) is 0.565. The van der Waals surface area contributed by atoms with Gasteiger partial charge in [-0.3, -0.25) is 19.0 Å². The largest absolute Gasteiger partial charge is 0.452 e. The number of amides is 1. The van der Waals surface area contributed by atoms with E-state index in [1.807, 2.05) is 19.1 Å². The average molecular weight is 412 g/mol. The van der Waals surface area contributed by atoms with Gasteiger partial charge in [0.05, 0.1) is 17.2 Å². The van der Waals surface area contributed by atoms with Crippen molar-refractivity contribution in [3.8, 4) is 0 Å². The Morgan fingerprint density at radius 3 is 2.80 bits per heavy atom. The Balaban J connectivity index is 1.54. The number of carbonyl (C=O) groups excluding carboxylic acids is 2. The van der Waals surface area contributed by atoms with Crippen LogP contribution < -0.4 is 10.9 Å². The number of para-hydroxylation sites is 1. The molecule has 3 rings (SSSR count). The first-order valence-corrected chi connectivity index (χ1v) is 9.77. The molecule has 2 aromatic heterocycles. The second kappa shape index (κ2) is 9.34. The Kier molecular flexibility index (Phi) is 6.61. The highest BCUT2D eigenvalue weighted by molar-refractivity contribution is 5.94. The first-order chi connectivity index (χ1) is 14.4. The number of aromatic nitrogens is 3. The summed E-state index contributed by atoms with van der Waals surface area (Å²) in [5.74, 6) is -0.148. The molecule has 9 heteroatoms. The number of ether oxygens (including phenoxy) is 1. The van der Waals surface area contributed by atoms with Crippen LogP contribution >= 0.6 is 0 Å². The van der Waals surface area contributed by atoms with Crippen molar-refractivity contribution in [2.45, 2.75) is 52.7 Å². The summed E-state index contributed by atoms with van der Waals surface area (Å²) in [4.78, 5) is 41.4. The first kappa shape index (κ1) is 21.2. The highest BCUT2D eigenvalue weighted by Crippen LogP contribution is 2.12. The fraction of sp³-hybridized carbons (Fsp3) is 0.381. The molecule has 30 heavy (non-hydrogen) atoms. The molecule has 9 nitrogen and oxygen atoms in total. The van der Waals surface area contributed by atoms with Gasteiger partial charge in [-0.2, -0.15) is 0 Å². The van der Waals surface area contributed by atoms with Crippen molar-refractivity contribution in [1.29, 1.82) is 0 Å². The Morgan fingerprint density at radius 2 is 2.10 bits per heavy atom. The lowest BCUT2D eigenvalue weighted by atomic mass is 10.1. The van der Waals surface area contributed by atoms with Crippen LogP contribution in [-0.4, -0.2) is 32.7 Å². The minimum Gasteiger partial charge on any atom is -0.452 e. The Morgan fingerprint density at radius 1 is 1.30 bits per heavy atom. The van der Waals surface area contributed by atoms with Gasteiger partial charge < -0.3 is 14.6 Å². The maximum absolute atomic E-state index is 12.6. The number of fused-ring (bicyclic) bond motifs is 1. The third kappa shape index (κ3) is 4.91. The number of benzene rings is 1. The highest BCUT2D eigenvalue weighted by Gasteiger charge is 2.22. The van der Waals surface area contributed by atoms with E-state index in [0.717, 1.165) is 5.56 Å². The summed E-state index contributed by atoms with van der Waals surface area (Å²) in [5.41, 5.74) is 1.47. The van der Waals surface area contributed by atoms with E-state index in [1.54, 1.807) is 26.0 Å². The second-order valence-electron chi connectivity index (χ2n) is 7.02. The van der Waals surface area contributed by atoms with Crippen LogP contribution in [0.25, 0.3) is 10.9 Å². The molecule has 0 bridgehead atoms. The molecule has 1 atom stereocenters. The molecule has 2 heterocycles. The van der Waals surface area contributed by atoms with E-state index in [4.69, 9.17) is 9.26 Å². The lowest BCUT2D eigenvalue weighted by Gasteiger charge is -2.15. The van der Waals surface area contributed by atoms with Gasteiger partial charge in [0, 0.05) is 19.0 Å². The minimum absolute atomic E-state index is 0.0745. The zero-order chi connectivity index (χ0) is 21.7. The predicted octanol–water partition coefficient (Wildman–Crippen LogP) is 2.74. The van der Waals surface area contributed by atoms with E-state index in [-0.39, 0.29) is 17.8 Å². The van der Waals surface area contributed by atoms with Crippen LogP contribution in [-0.2, 0) is 20.9 Å². The van der Waals surface area contributed by atoms with Gasteiger partial charge in [0.15, 0.2) is 11.9 Å². The van der Waals surface area contributed by atoms with Crippen molar-refractivity contribution in [1.82, 2.24) is 14.7 Å². The van der Waals surface area contributed by atoms with Crippen molar-refractivity contribution < 1.29 is 18.8 Å². The molecule has 0 saturated carbocycles. The summed E-state index contributed by atoms with van der Waals surface area (Å²) in [5, 5.41) is 6.79. The number of hydrogen-bond donors (Lipinski definition) is 1. The summed E-state index contributed by atoms with van der Waals surface area (Å²) in [6.07, 6.45) is 1.35. The molecule has 0 aliphatic carbocycles. The maximum Gasteiger partial charge on any atom is 0.306 e. The lowest BCUT2D eigenvalue weighted by molar-refractivity contribution is -0.154. The van der Waals surface area contributed by atoms with Gasteiger partial charge in [0.2, 0.25) is 0 Å². The molecule has 0 aliphatic rings. The van der Waals surface area contributed by atoms with Crippen molar-refractivity contribution in [2.24, 2.45) is 0 Å². The van der Waals surface area contributed by atoms with Crippen LogP contribution in [0.5, 0.6) is 0 Å². The molecule has 3 aromatic rings. The molecular weight excluding hydrogens is 388 g/mol. The number of esters is 1. The summed E-state index contributed by atoms with van der Waals surface area (Å²) >= 11 is 0. The smallest absolute Gasteiger partial charge is 0.306 e. The number of carbonyl (C=O) groups is 2. The van der Waals surface area contributed by atoms with Crippen LogP contribution in [0.15, 0.2) is 39.9 Å². The van der Waals surface area contributed by atoms with Gasteiger partial charge in [0.25, 0.3) is 11.5 Å². The molecule has 1 N–H and O–H groups in total. The van der Waals surface area contributed by atoms with E-state index in [2.05, 4.69) is 15.5 Å². The van der Waals surface area contributed by atoms with Gasteiger partial charge in [-0.1, -0.05) is 24.2 Å². The molecule has 1 aromatic carbocycles. The van der Waals surface area contributed by atoms with E-state index < -0.39 is 18.0 Å². The molecular formula is C21H24N4O5. The highest BCUT2D eigenvalue weighted by atomic mass is 16.5. The SMILES string of the molecule is CC[C@@H](OC(=O)CCCn1cnc2c(C)cccc2c1=O)C(=O)Nc1cc(C)on1. The number of anilines is 1. The van der Waals surface area contributed by atoms with Crippen molar-refractivity contribution in [2.75, 3.05) is 5.32 Å². The third-order valence-corrected chi connectivity index (χ3v) is 4.65. The van der Waals surface area contributed by atoms with Gasteiger partial charge in [-0.25, -0.2) is 4.98 Å². The first-order valence-electron chi connectivity index (χ1n) is 9.77. The monoisotopic (exact) mass is 412 g/mol. The number of rotatable bonds is 8. The predicted molar refractivity (Wildman–Crippen MR) is 110 cm³/mol. The molecule has 158 valence electrons. The third-order valence-electron chi connectivity index (χ3n) is 4.65. The normalized spacial score (nSPS) is 12.0. The van der Waals surface area contributed by atoms with E-state index in [1.165, 1.54) is 10.9 Å². The average Bonchev–Trinajstić information content (AvgIpc) is 3.12. The van der Waals surface area contributed by atoms with Crippen molar-refractivity contribution in [3.63, 3.8) is 0 Å². The van der Waals surface area contributed by atoms with Gasteiger partial charge >= 0.3 is 5.97 Å². The maximum atomic E-state index is 12.6. The molecule has 0 aliphatic heterocycles. The van der Waals surface area contributed by atoms with Crippen molar-refractivity contribution >= 4 is 28.6 Å². The number of hydrogen-bond acceptors (Lipinski definition) is 7. The summed E-state index contributed by atoms with van der Waals surface area (Å²) in [6, 6.07) is 7.03. The van der Waals surface area contributed by atoms with Crippen molar-refractivity contribution in [3.05, 3.63) is 52.3 Å². The minimum atomic E-state index is -0.928. The fourth-order valence-electron chi connectivity index (χ4n) is 3.06. The van der Waals surface area contributed by atoms with E-state index in [9.17, 15) is 14.4 Å². The van der Waals surface area contributed by atoms with Crippen LogP contribution in [0.1, 0.15) is 37.5 Å². The Bertz CT molecular complexity index is 1120. The fourth-order valence-corrected chi connectivity index (χ4v) is 3.06. The van der Waals surface area contributed by atoms with Crippen LogP contribution in [0.2, 0.25) is 0 Å². The molecule has 0 radical (unpaired) electrons. The number of nitrogens with one attached hydrogen (secondary N) is 1. The summed E-state index contributed by atoms with van der Waals surface area (Å²) in [7, 11) is 0. The van der Waals surface area contributed by atoms with Gasteiger partial charge in [0.1, 0.15) is 5.76 Å². The Labute approximate surface area is 173 Å². The molecule has 0 spiro atoms. The topological polar surface area (TPSA) is 116 Å². The number of aryl methyl sites for hydroxylation is 3. The standard InChI is InChI=1S/C21H24N4O5/c1-4-16(20(27)23-17-11-14(3)30-24-17)29-18(26)9-6-10-25-12-22-19-13(2)7-5-8-15(19)21(25)28/h5,7-8,11-12,16H,4,6,9-10H2,1-3H3,(H,23,24,27)/t16-/m1/s1. The Hall–Kier alpha value is -3.49.